The third-order valence-electron chi connectivity index (χ3n) is 3.14. The molecule has 17 heavy (non-hydrogen) atoms. The molecule has 6 nitrogen and oxygen atoms in total. The topological polar surface area (TPSA) is 78.9 Å². The van der Waals surface area contributed by atoms with Gasteiger partial charge in [0.1, 0.15) is 0 Å². The number of rotatable bonds is 4. The van der Waals surface area contributed by atoms with Crippen LogP contribution in [0.25, 0.3) is 0 Å². The fourth-order valence-electron chi connectivity index (χ4n) is 2.00. The summed E-state index contributed by atoms with van der Waals surface area (Å²) < 4.78 is 5.61. The number of nitrogens with zero attached hydrogens (tertiary/aromatic N) is 1. The first-order valence-corrected chi connectivity index (χ1v) is 6.03. The monoisotopic (exact) mass is 242 g/mol. The Labute approximate surface area is 99.9 Å². The van der Waals surface area contributed by atoms with Crippen molar-refractivity contribution in [3.63, 3.8) is 0 Å². The van der Waals surface area contributed by atoms with Crippen molar-refractivity contribution < 1.29 is 19.4 Å². The third kappa shape index (κ3) is 3.59. The van der Waals surface area contributed by atoms with E-state index in [1.165, 1.54) is 12.8 Å². The number of hydrogen-bond donors (Lipinski definition) is 2. The Morgan fingerprint density at radius 3 is 2.82 bits per heavy atom. The van der Waals surface area contributed by atoms with E-state index in [2.05, 4.69) is 5.32 Å². The van der Waals surface area contributed by atoms with Gasteiger partial charge in [0.15, 0.2) is 0 Å². The minimum Gasteiger partial charge on any atom is -0.481 e. The smallest absolute Gasteiger partial charge is 0.317 e. The molecule has 0 aromatic rings. The second kappa shape index (κ2) is 5.35. The Balaban J connectivity index is 1.72. The largest absolute Gasteiger partial charge is 0.481 e. The first-order chi connectivity index (χ1) is 8.16. The van der Waals surface area contributed by atoms with Crippen LogP contribution < -0.4 is 5.32 Å². The van der Waals surface area contributed by atoms with Crippen LogP contribution in [-0.4, -0.2) is 54.4 Å². The van der Waals surface area contributed by atoms with E-state index in [4.69, 9.17) is 9.84 Å². The van der Waals surface area contributed by atoms with E-state index in [1.807, 2.05) is 0 Å². The maximum Gasteiger partial charge on any atom is 0.317 e. The van der Waals surface area contributed by atoms with E-state index in [1.54, 1.807) is 4.90 Å². The van der Waals surface area contributed by atoms with Crippen molar-refractivity contribution in [3.05, 3.63) is 0 Å². The Bertz CT molecular complexity index is 304. The molecule has 0 aromatic heterocycles. The number of carbonyl (C=O) groups excluding carboxylic acids is 1. The average Bonchev–Trinajstić information content (AvgIpc) is 3.12. The zero-order valence-corrected chi connectivity index (χ0v) is 9.72. The molecule has 2 aliphatic rings. The number of morpholine rings is 1. The minimum atomic E-state index is -0.900. The molecule has 1 heterocycles. The Hall–Kier alpha value is -1.30. The fourth-order valence-corrected chi connectivity index (χ4v) is 2.00. The van der Waals surface area contributed by atoms with Gasteiger partial charge in [0.2, 0.25) is 0 Å². The van der Waals surface area contributed by atoms with Gasteiger partial charge in [0.05, 0.1) is 19.1 Å². The predicted octanol–water partition coefficient (Wildman–Crippen LogP) is 0.282. The number of nitrogens with one attached hydrogen (secondary N) is 1. The van der Waals surface area contributed by atoms with Crippen molar-refractivity contribution in [2.24, 2.45) is 5.92 Å². The lowest BCUT2D eigenvalue weighted by Crippen LogP contribution is -2.50. The molecule has 1 saturated carbocycles. The van der Waals surface area contributed by atoms with Crippen molar-refractivity contribution in [1.29, 1.82) is 0 Å². The highest BCUT2D eigenvalue weighted by Crippen LogP contribution is 2.35. The van der Waals surface area contributed by atoms with Gasteiger partial charge < -0.3 is 20.1 Å². The van der Waals surface area contributed by atoms with Crippen LogP contribution >= 0.6 is 0 Å². The van der Waals surface area contributed by atoms with Crippen molar-refractivity contribution in [2.45, 2.75) is 25.4 Å². The predicted molar refractivity (Wildman–Crippen MR) is 59.7 cm³/mol. The summed E-state index contributed by atoms with van der Waals surface area (Å²) in [5, 5.41) is 11.1. The average molecular weight is 242 g/mol. The number of urea groups is 1. The number of hydrogen-bond acceptors (Lipinski definition) is 3. The van der Waals surface area contributed by atoms with E-state index in [-0.39, 0.29) is 25.1 Å². The second-order valence-corrected chi connectivity index (χ2v) is 4.57. The Kier molecular flexibility index (Phi) is 3.83. The molecule has 2 N–H and O–H groups in total. The molecule has 1 saturated heterocycles. The quantitative estimate of drug-likeness (QED) is 0.742. The highest BCUT2D eigenvalue weighted by atomic mass is 16.5. The highest BCUT2D eigenvalue weighted by molar-refractivity contribution is 5.75. The standard InChI is InChI=1S/C11H18N2O4/c14-10(15)3-4-12-11(16)13-5-6-17-9(7-13)8-1-2-8/h8-9H,1-7H2,(H,12,16)(H,14,15). The van der Waals surface area contributed by atoms with E-state index in [9.17, 15) is 9.59 Å². The fraction of sp³-hybridized carbons (Fsp3) is 0.818. The van der Waals surface area contributed by atoms with Gasteiger partial charge in [-0.05, 0) is 18.8 Å². The van der Waals surface area contributed by atoms with Gasteiger partial charge in [0.25, 0.3) is 0 Å². The second-order valence-electron chi connectivity index (χ2n) is 4.57. The van der Waals surface area contributed by atoms with E-state index in [0.717, 1.165) is 0 Å². The van der Waals surface area contributed by atoms with Gasteiger partial charge in [-0.1, -0.05) is 0 Å². The molecular weight excluding hydrogens is 224 g/mol. The zero-order chi connectivity index (χ0) is 12.3. The third-order valence-corrected chi connectivity index (χ3v) is 3.14. The summed E-state index contributed by atoms with van der Waals surface area (Å²) in [7, 11) is 0. The maximum atomic E-state index is 11.7. The van der Waals surface area contributed by atoms with Crippen molar-refractivity contribution in [3.8, 4) is 0 Å². The van der Waals surface area contributed by atoms with Crippen LogP contribution in [-0.2, 0) is 9.53 Å². The summed E-state index contributed by atoms with van der Waals surface area (Å²) in [6.07, 6.45) is 2.52. The molecule has 6 heteroatoms. The molecular formula is C11H18N2O4. The summed E-state index contributed by atoms with van der Waals surface area (Å²) in [5.74, 6) is -0.284. The van der Waals surface area contributed by atoms with Gasteiger partial charge in [0, 0.05) is 19.6 Å². The van der Waals surface area contributed by atoms with Crippen LogP contribution in [0, 0.1) is 5.92 Å². The van der Waals surface area contributed by atoms with Gasteiger partial charge in [-0.2, -0.15) is 0 Å². The molecule has 2 amide bonds. The summed E-state index contributed by atoms with van der Waals surface area (Å²) in [6, 6.07) is -0.180. The number of ether oxygens (including phenoxy) is 1. The van der Waals surface area contributed by atoms with Gasteiger partial charge in [-0.25, -0.2) is 4.79 Å². The number of carboxylic acids is 1. The Morgan fingerprint density at radius 2 is 2.18 bits per heavy atom. The number of amides is 2. The molecule has 2 rings (SSSR count). The molecule has 1 unspecified atom stereocenters. The summed E-state index contributed by atoms with van der Waals surface area (Å²) in [6.45, 7) is 1.97. The van der Waals surface area contributed by atoms with Crippen LogP contribution in [0.4, 0.5) is 4.79 Å². The number of carboxylic acid groups (broad SMARTS) is 1. The molecule has 0 bridgehead atoms. The van der Waals surface area contributed by atoms with E-state index >= 15 is 0 Å². The SMILES string of the molecule is O=C(O)CCNC(=O)N1CCOC(C2CC2)C1. The molecule has 1 atom stereocenters. The summed E-state index contributed by atoms with van der Waals surface area (Å²) in [4.78, 5) is 23.8. The van der Waals surface area contributed by atoms with Gasteiger partial charge in [-0.3, -0.25) is 4.79 Å². The van der Waals surface area contributed by atoms with Crippen LogP contribution in [0.3, 0.4) is 0 Å². The normalized spacial score (nSPS) is 24.5. The van der Waals surface area contributed by atoms with Crippen LogP contribution in [0.1, 0.15) is 19.3 Å². The van der Waals surface area contributed by atoms with Crippen molar-refractivity contribution in [1.82, 2.24) is 10.2 Å². The van der Waals surface area contributed by atoms with E-state index < -0.39 is 5.97 Å². The number of aliphatic carboxylic acids is 1. The molecule has 96 valence electrons. The molecule has 0 spiro atoms. The summed E-state index contributed by atoms with van der Waals surface area (Å²) in [5.41, 5.74) is 0. The molecule has 2 fully saturated rings. The molecule has 1 aliphatic heterocycles. The van der Waals surface area contributed by atoms with Crippen LogP contribution in [0.2, 0.25) is 0 Å². The number of carbonyl (C=O) groups is 2. The highest BCUT2D eigenvalue weighted by Gasteiger charge is 2.36. The minimum absolute atomic E-state index is 0.0396. The maximum absolute atomic E-state index is 11.7. The first kappa shape index (κ1) is 12.2. The van der Waals surface area contributed by atoms with Gasteiger partial charge >= 0.3 is 12.0 Å². The lowest BCUT2D eigenvalue weighted by Gasteiger charge is -2.33. The lowest BCUT2D eigenvalue weighted by atomic mass is 10.2. The van der Waals surface area contributed by atoms with Crippen molar-refractivity contribution in [2.75, 3.05) is 26.2 Å². The zero-order valence-electron chi connectivity index (χ0n) is 9.72. The van der Waals surface area contributed by atoms with Crippen molar-refractivity contribution >= 4 is 12.0 Å². The molecule has 0 aromatic carbocycles. The first-order valence-electron chi connectivity index (χ1n) is 6.03. The summed E-state index contributed by atoms with van der Waals surface area (Å²) >= 11 is 0. The molecule has 0 radical (unpaired) electrons. The Morgan fingerprint density at radius 1 is 1.41 bits per heavy atom. The van der Waals surface area contributed by atoms with E-state index in [0.29, 0.717) is 25.6 Å². The lowest BCUT2D eigenvalue weighted by molar-refractivity contribution is -0.136. The molecule has 1 aliphatic carbocycles. The van der Waals surface area contributed by atoms with Crippen LogP contribution in [0.15, 0.2) is 0 Å². The van der Waals surface area contributed by atoms with Gasteiger partial charge in [-0.15, -0.1) is 0 Å². The van der Waals surface area contributed by atoms with Crippen LogP contribution in [0.5, 0.6) is 0 Å².